The van der Waals surface area contributed by atoms with Gasteiger partial charge in [0.1, 0.15) is 0 Å². The third-order valence-corrected chi connectivity index (χ3v) is 7.19. The predicted molar refractivity (Wildman–Crippen MR) is 125 cm³/mol. The Bertz CT molecular complexity index is 1400. The van der Waals surface area contributed by atoms with Crippen molar-refractivity contribution in [2.75, 3.05) is 12.4 Å². The number of aliphatic hydroxyl groups is 1. The molecule has 0 saturated carbocycles. The number of anilines is 1. The number of imidazole rings is 1. The van der Waals surface area contributed by atoms with Crippen LogP contribution in [0.5, 0.6) is 0 Å². The molecule has 168 valence electrons. The first kappa shape index (κ1) is 21.4. The van der Waals surface area contributed by atoms with Crippen molar-refractivity contribution in [2.24, 2.45) is 0 Å². The zero-order valence-corrected chi connectivity index (χ0v) is 19.2. The summed E-state index contributed by atoms with van der Waals surface area (Å²) in [6, 6.07) is 15.4. The number of halogens is 1. The number of aromatic nitrogens is 2. The summed E-state index contributed by atoms with van der Waals surface area (Å²) in [5, 5.41) is 14.7. The maximum Gasteiger partial charge on any atom is 0.413 e. The molecule has 0 saturated heterocycles. The molecule has 2 unspecified atom stereocenters. The van der Waals surface area contributed by atoms with Gasteiger partial charge in [0.2, 0.25) is 5.95 Å². The second-order valence-corrected chi connectivity index (χ2v) is 9.39. The first-order valence-corrected chi connectivity index (χ1v) is 11.3. The number of nitrogens with zero attached hydrogens (tertiary/aromatic N) is 2. The topological polar surface area (TPSA) is 108 Å². The van der Waals surface area contributed by atoms with Gasteiger partial charge in [0.05, 0.1) is 28.5 Å². The van der Waals surface area contributed by atoms with Crippen molar-refractivity contribution in [3.05, 3.63) is 80.5 Å². The molecule has 2 aromatic carbocycles. The van der Waals surface area contributed by atoms with Crippen molar-refractivity contribution in [3.8, 4) is 0 Å². The van der Waals surface area contributed by atoms with E-state index in [1.54, 1.807) is 48.5 Å². The number of aromatic amines is 1. The summed E-state index contributed by atoms with van der Waals surface area (Å²) in [4.78, 5) is 34.7. The Labute approximate surface area is 197 Å². The molecule has 0 aliphatic carbocycles. The van der Waals surface area contributed by atoms with Crippen molar-refractivity contribution in [2.45, 2.75) is 18.7 Å². The monoisotopic (exact) mass is 482 g/mol. The fourth-order valence-electron chi connectivity index (χ4n) is 4.24. The van der Waals surface area contributed by atoms with Gasteiger partial charge in [0.25, 0.3) is 5.91 Å². The van der Waals surface area contributed by atoms with Crippen LogP contribution in [0.4, 0.5) is 10.7 Å². The predicted octanol–water partition coefficient (Wildman–Crippen LogP) is 4.87. The van der Waals surface area contributed by atoms with Crippen LogP contribution in [0.3, 0.4) is 0 Å². The molecule has 2 aromatic heterocycles. The first-order valence-electron chi connectivity index (χ1n) is 10.1. The molecule has 33 heavy (non-hydrogen) atoms. The summed E-state index contributed by atoms with van der Waals surface area (Å²) in [6.07, 6.45) is -0.655. The van der Waals surface area contributed by atoms with Crippen molar-refractivity contribution >= 4 is 51.9 Å². The SMILES string of the molecule is COC(=O)Nc1nc2ccc(C3(O)c4ccccc4C(=O)N3C(C)c3ccc(Cl)s3)cc2[nH]1. The third-order valence-electron chi connectivity index (χ3n) is 5.78. The Morgan fingerprint density at radius 3 is 2.79 bits per heavy atom. The summed E-state index contributed by atoms with van der Waals surface area (Å²) in [7, 11) is 1.26. The minimum Gasteiger partial charge on any atom is -0.453 e. The largest absolute Gasteiger partial charge is 0.453 e. The van der Waals surface area contributed by atoms with Crippen molar-refractivity contribution < 1.29 is 19.4 Å². The normalized spacial score (nSPS) is 18.4. The Morgan fingerprint density at radius 1 is 1.27 bits per heavy atom. The molecule has 0 spiro atoms. The number of hydrogen-bond acceptors (Lipinski definition) is 6. The molecular weight excluding hydrogens is 464 g/mol. The first-order chi connectivity index (χ1) is 15.8. The summed E-state index contributed by atoms with van der Waals surface area (Å²) >= 11 is 7.51. The van der Waals surface area contributed by atoms with E-state index in [9.17, 15) is 14.7 Å². The Morgan fingerprint density at radius 2 is 2.06 bits per heavy atom. The van der Waals surface area contributed by atoms with Gasteiger partial charge >= 0.3 is 6.09 Å². The second kappa shape index (κ2) is 7.87. The number of nitrogens with one attached hydrogen (secondary N) is 2. The fraction of sp³-hybridized carbons (Fsp3) is 0.174. The fourth-order valence-corrected chi connectivity index (χ4v) is 5.35. The highest BCUT2D eigenvalue weighted by molar-refractivity contribution is 7.16. The van der Waals surface area contributed by atoms with E-state index >= 15 is 0 Å². The molecule has 10 heteroatoms. The number of benzene rings is 2. The molecule has 3 heterocycles. The van der Waals surface area contributed by atoms with Crippen LogP contribution in [0.15, 0.2) is 54.6 Å². The highest BCUT2D eigenvalue weighted by Gasteiger charge is 2.52. The minimum absolute atomic E-state index is 0.210. The number of rotatable bonds is 4. The second-order valence-electron chi connectivity index (χ2n) is 7.64. The van der Waals surface area contributed by atoms with E-state index in [0.29, 0.717) is 32.1 Å². The van der Waals surface area contributed by atoms with Gasteiger partial charge in [0, 0.05) is 21.6 Å². The van der Waals surface area contributed by atoms with Gasteiger partial charge in [0.15, 0.2) is 5.72 Å². The zero-order chi connectivity index (χ0) is 23.3. The van der Waals surface area contributed by atoms with Crippen LogP contribution < -0.4 is 5.32 Å². The average Bonchev–Trinajstić information content (AvgIpc) is 3.48. The number of thiophene rings is 1. The van der Waals surface area contributed by atoms with Crippen LogP contribution in [-0.2, 0) is 10.5 Å². The molecule has 5 rings (SSSR count). The van der Waals surface area contributed by atoms with E-state index in [1.807, 2.05) is 13.0 Å². The Hall–Kier alpha value is -3.40. The number of amides is 2. The number of ether oxygens (including phenoxy) is 1. The molecule has 0 bridgehead atoms. The van der Waals surface area contributed by atoms with Gasteiger partial charge in [-0.15, -0.1) is 11.3 Å². The van der Waals surface area contributed by atoms with Crippen LogP contribution in [0, 0.1) is 0 Å². The molecule has 8 nitrogen and oxygen atoms in total. The number of hydrogen-bond donors (Lipinski definition) is 3. The highest BCUT2D eigenvalue weighted by atomic mass is 35.5. The maximum absolute atomic E-state index is 13.5. The van der Waals surface area contributed by atoms with Gasteiger partial charge < -0.3 is 14.8 Å². The van der Waals surface area contributed by atoms with E-state index in [2.05, 4.69) is 20.0 Å². The third kappa shape index (κ3) is 3.36. The molecule has 4 aromatic rings. The highest BCUT2D eigenvalue weighted by Crippen LogP contribution is 2.48. The van der Waals surface area contributed by atoms with Crippen molar-refractivity contribution in [1.82, 2.24) is 14.9 Å². The van der Waals surface area contributed by atoms with Crippen LogP contribution in [0.25, 0.3) is 11.0 Å². The lowest BCUT2D eigenvalue weighted by Gasteiger charge is -2.38. The lowest BCUT2D eigenvalue weighted by molar-refractivity contribution is -0.0670. The van der Waals surface area contributed by atoms with Crippen LogP contribution in [0.1, 0.15) is 39.3 Å². The standard InChI is InChI=1S/C23H19ClN4O4S/c1-12(18-9-10-19(24)33-18)28-20(29)14-5-3-4-6-15(14)23(28,31)13-7-8-16-17(11-13)26-21(25-16)27-22(30)32-2/h3-12,31H,1-2H3,(H2,25,26,27,30). The lowest BCUT2D eigenvalue weighted by Crippen LogP contribution is -2.45. The van der Waals surface area contributed by atoms with Gasteiger partial charge in [-0.1, -0.05) is 35.9 Å². The molecular formula is C23H19ClN4O4S. The molecule has 3 N–H and O–H groups in total. The summed E-state index contributed by atoms with van der Waals surface area (Å²) < 4.78 is 5.21. The number of carbonyl (C=O) groups excluding carboxylic acids is 2. The van der Waals surface area contributed by atoms with E-state index in [-0.39, 0.29) is 11.9 Å². The quantitative estimate of drug-likeness (QED) is 0.385. The molecule has 2 amide bonds. The summed E-state index contributed by atoms with van der Waals surface area (Å²) in [6.45, 7) is 1.87. The Balaban J connectivity index is 1.64. The van der Waals surface area contributed by atoms with Gasteiger partial charge in [-0.3, -0.25) is 15.0 Å². The molecule has 0 radical (unpaired) electrons. The average molecular weight is 483 g/mol. The molecule has 2 atom stereocenters. The number of fused-ring (bicyclic) bond motifs is 2. The van der Waals surface area contributed by atoms with Crippen molar-refractivity contribution in [3.63, 3.8) is 0 Å². The zero-order valence-electron chi connectivity index (χ0n) is 17.6. The van der Waals surface area contributed by atoms with Gasteiger partial charge in [-0.05, 0) is 37.3 Å². The van der Waals surface area contributed by atoms with Crippen molar-refractivity contribution in [1.29, 1.82) is 0 Å². The van der Waals surface area contributed by atoms with E-state index < -0.39 is 17.9 Å². The van der Waals surface area contributed by atoms with E-state index in [4.69, 9.17) is 11.6 Å². The number of carbonyl (C=O) groups is 2. The van der Waals surface area contributed by atoms with E-state index in [1.165, 1.54) is 23.3 Å². The lowest BCUT2D eigenvalue weighted by atomic mass is 9.93. The van der Waals surface area contributed by atoms with Gasteiger partial charge in [-0.25, -0.2) is 9.78 Å². The smallest absolute Gasteiger partial charge is 0.413 e. The Kier molecular flexibility index (Phi) is 5.12. The molecule has 0 fully saturated rings. The minimum atomic E-state index is -1.72. The molecule has 1 aliphatic heterocycles. The van der Waals surface area contributed by atoms with E-state index in [0.717, 1.165) is 4.88 Å². The van der Waals surface area contributed by atoms with Crippen LogP contribution in [-0.4, -0.2) is 39.1 Å². The molecule has 1 aliphatic rings. The summed E-state index contributed by atoms with van der Waals surface area (Å²) in [5.74, 6) is -0.0646. The van der Waals surface area contributed by atoms with Crippen LogP contribution in [0.2, 0.25) is 4.34 Å². The number of methoxy groups -OCH3 is 1. The van der Waals surface area contributed by atoms with Crippen LogP contribution >= 0.6 is 22.9 Å². The maximum atomic E-state index is 13.5. The number of H-pyrrole nitrogens is 1. The van der Waals surface area contributed by atoms with Gasteiger partial charge in [-0.2, -0.15) is 0 Å². The summed E-state index contributed by atoms with van der Waals surface area (Å²) in [5.41, 5.74) is 0.852.